The van der Waals surface area contributed by atoms with Crippen molar-refractivity contribution in [3.8, 4) is 16.5 Å². The number of aromatic nitrogens is 6. The highest BCUT2D eigenvalue weighted by molar-refractivity contribution is 7.89. The van der Waals surface area contributed by atoms with Crippen molar-refractivity contribution in [3.05, 3.63) is 139 Å². The maximum atomic E-state index is 14.0. The highest BCUT2D eigenvalue weighted by Crippen LogP contribution is 2.41. The lowest BCUT2D eigenvalue weighted by molar-refractivity contribution is -0.143. The van der Waals surface area contributed by atoms with Crippen molar-refractivity contribution in [2.45, 2.75) is 83.9 Å². The second-order valence-electron chi connectivity index (χ2n) is 18.1. The summed E-state index contributed by atoms with van der Waals surface area (Å²) in [6.45, 7) is 11.7. The quantitative estimate of drug-likeness (QED) is 0.0730. The number of benzene rings is 4. The molecule has 9 rings (SSSR count). The van der Waals surface area contributed by atoms with Crippen molar-refractivity contribution in [2.24, 2.45) is 12.0 Å². The molecule has 0 aliphatic carbocycles. The molecule has 0 spiro atoms. The third-order valence-electron chi connectivity index (χ3n) is 13.0. The molecular formula is C52H55ClN10O8S2. The molecule has 5 heterocycles. The molecule has 0 saturated carbocycles. The number of carbonyl (C=O) groups excluding carboxylic acids is 3. The summed E-state index contributed by atoms with van der Waals surface area (Å²) in [6.07, 6.45) is -0.526. The van der Waals surface area contributed by atoms with E-state index in [0.717, 1.165) is 43.3 Å². The fourth-order valence-corrected chi connectivity index (χ4v) is 12.2. The predicted octanol–water partition coefficient (Wildman–Crippen LogP) is 7.15. The molecule has 4 aromatic carbocycles. The fourth-order valence-electron chi connectivity index (χ4n) is 9.23. The van der Waals surface area contributed by atoms with Gasteiger partial charge in [0.2, 0.25) is 21.8 Å². The lowest BCUT2D eigenvalue weighted by Gasteiger charge is -2.24. The van der Waals surface area contributed by atoms with E-state index in [0.29, 0.717) is 50.5 Å². The lowest BCUT2D eigenvalue weighted by atomic mass is 9.86. The highest BCUT2D eigenvalue weighted by atomic mass is 35.5. The predicted molar refractivity (Wildman–Crippen MR) is 276 cm³/mol. The molecule has 0 bridgehead atoms. The van der Waals surface area contributed by atoms with Crippen molar-refractivity contribution >= 4 is 67.5 Å². The minimum atomic E-state index is -3.92. The number of hydrogen-bond acceptors (Lipinski definition) is 14. The average Bonchev–Trinajstić information content (AvgIpc) is 3.98. The monoisotopic (exact) mass is 1050 g/mol. The van der Waals surface area contributed by atoms with Crippen molar-refractivity contribution in [1.29, 1.82) is 0 Å². The zero-order valence-electron chi connectivity index (χ0n) is 41.4. The molecule has 2 aliphatic heterocycles. The zero-order valence-corrected chi connectivity index (χ0v) is 43.8. The summed E-state index contributed by atoms with van der Waals surface area (Å²) in [5, 5.41) is 24.5. The summed E-state index contributed by atoms with van der Waals surface area (Å²) in [7, 11) is -2.18. The first-order valence-corrected chi connectivity index (χ1v) is 26.5. The van der Waals surface area contributed by atoms with Crippen LogP contribution in [-0.2, 0) is 42.7 Å². The number of ether oxygens (including phenoxy) is 3. The number of aryl methyl sites for hydroxylation is 4. The Hall–Kier alpha value is -7.00. The van der Waals surface area contributed by atoms with Crippen molar-refractivity contribution in [2.75, 3.05) is 32.8 Å². The number of amides is 2. The van der Waals surface area contributed by atoms with Gasteiger partial charge in [0.25, 0.3) is 0 Å². The molecule has 2 N–H and O–H groups in total. The van der Waals surface area contributed by atoms with Crippen molar-refractivity contribution < 1.29 is 37.0 Å². The molecule has 2 amide bonds. The van der Waals surface area contributed by atoms with E-state index in [1.807, 2.05) is 79.9 Å². The molecule has 7 aromatic rings. The molecule has 21 heteroatoms. The van der Waals surface area contributed by atoms with Gasteiger partial charge in [0.15, 0.2) is 5.82 Å². The second kappa shape index (κ2) is 21.2. The summed E-state index contributed by atoms with van der Waals surface area (Å²) < 4.78 is 50.8. The van der Waals surface area contributed by atoms with E-state index < -0.39 is 45.9 Å². The van der Waals surface area contributed by atoms with Gasteiger partial charge in [0.05, 0.1) is 44.8 Å². The molecule has 380 valence electrons. The SMILES string of the molecule is CCOC(=O)C[C@H](c1ccc(C)c(CN2C[C@H](C)Oc3ccccc3S2(=O)=O)c1)c1cc(OCCNC(=O)CNC(=O)C[C@H]2N=C(c3ccc(Cl)cc3)c3c(sc(C)c3C)-n3c(C)nnc32)c2c(c1)nnn2C. The molecule has 3 atom stereocenters. The van der Waals surface area contributed by atoms with Gasteiger partial charge in [0.1, 0.15) is 57.0 Å². The molecule has 0 radical (unpaired) electrons. The van der Waals surface area contributed by atoms with Crippen LogP contribution in [0.2, 0.25) is 5.02 Å². The smallest absolute Gasteiger partial charge is 0.306 e. The molecule has 0 fully saturated rings. The first-order chi connectivity index (χ1) is 35.0. The van der Waals surface area contributed by atoms with E-state index in [1.54, 1.807) is 54.3 Å². The third-order valence-corrected chi connectivity index (χ3v) is 16.3. The molecule has 0 unspecified atom stereocenters. The van der Waals surface area contributed by atoms with Gasteiger partial charge in [-0.25, -0.2) is 13.1 Å². The molecule has 3 aromatic heterocycles. The normalized spacial score (nSPS) is 16.5. The highest BCUT2D eigenvalue weighted by Gasteiger charge is 2.35. The maximum Gasteiger partial charge on any atom is 0.306 e. The van der Waals surface area contributed by atoms with Crippen LogP contribution in [0.4, 0.5) is 0 Å². The molecule has 2 aliphatic rings. The Balaban J connectivity index is 0.887. The number of aliphatic imine (C=N–C) groups is 1. The third kappa shape index (κ3) is 10.6. The van der Waals surface area contributed by atoms with Gasteiger partial charge in [-0.05, 0) is 106 Å². The van der Waals surface area contributed by atoms with Crippen LogP contribution in [0.25, 0.3) is 16.0 Å². The minimum absolute atomic E-state index is 0.0330. The number of nitrogens with one attached hydrogen (secondary N) is 2. The van der Waals surface area contributed by atoms with Gasteiger partial charge < -0.3 is 24.8 Å². The van der Waals surface area contributed by atoms with Crippen LogP contribution in [0.3, 0.4) is 0 Å². The number of sulfonamides is 1. The van der Waals surface area contributed by atoms with Crippen LogP contribution >= 0.6 is 22.9 Å². The Bertz CT molecular complexity index is 3410. The van der Waals surface area contributed by atoms with Crippen LogP contribution in [0, 0.1) is 27.7 Å². The molecule has 0 saturated heterocycles. The number of fused-ring (bicyclic) bond motifs is 5. The Morgan fingerprint density at radius 3 is 2.51 bits per heavy atom. The number of halogens is 1. The summed E-state index contributed by atoms with van der Waals surface area (Å²) in [5.41, 5.74) is 7.75. The second-order valence-corrected chi connectivity index (χ2v) is 21.7. The first-order valence-electron chi connectivity index (χ1n) is 23.9. The van der Waals surface area contributed by atoms with E-state index in [1.165, 1.54) is 4.31 Å². The molecule has 18 nitrogen and oxygen atoms in total. The maximum absolute atomic E-state index is 14.0. The number of esters is 1. The van der Waals surface area contributed by atoms with Crippen LogP contribution in [0.5, 0.6) is 11.5 Å². The number of rotatable bonds is 16. The number of nitrogens with zero attached hydrogens (tertiary/aromatic N) is 8. The van der Waals surface area contributed by atoms with E-state index in [4.69, 9.17) is 30.8 Å². The Labute approximate surface area is 431 Å². The van der Waals surface area contributed by atoms with Crippen molar-refractivity contribution in [1.82, 2.24) is 44.7 Å². The Morgan fingerprint density at radius 1 is 0.945 bits per heavy atom. The minimum Gasteiger partial charge on any atom is -0.489 e. The van der Waals surface area contributed by atoms with Gasteiger partial charge in [0, 0.05) is 40.5 Å². The van der Waals surface area contributed by atoms with E-state index in [-0.39, 0.29) is 57.1 Å². The van der Waals surface area contributed by atoms with Crippen LogP contribution < -0.4 is 20.1 Å². The summed E-state index contributed by atoms with van der Waals surface area (Å²) in [6, 6.07) is 22.8. The molecule has 73 heavy (non-hydrogen) atoms. The topological polar surface area (TPSA) is 214 Å². The number of thiophene rings is 1. The first kappa shape index (κ1) is 50.9. The van der Waals surface area contributed by atoms with E-state index in [2.05, 4.69) is 45.0 Å². The van der Waals surface area contributed by atoms with Gasteiger partial charge >= 0.3 is 5.97 Å². The van der Waals surface area contributed by atoms with Crippen LogP contribution in [0.1, 0.15) is 94.1 Å². The largest absolute Gasteiger partial charge is 0.489 e. The van der Waals surface area contributed by atoms with Gasteiger partial charge in [-0.2, -0.15) is 4.31 Å². The van der Waals surface area contributed by atoms with E-state index in [9.17, 15) is 22.8 Å². The fraction of sp³-hybridized carbons (Fsp3) is 0.346. The Kier molecular flexibility index (Phi) is 14.8. The number of hydrogen-bond donors (Lipinski definition) is 2. The summed E-state index contributed by atoms with van der Waals surface area (Å²) in [4.78, 5) is 46.4. The van der Waals surface area contributed by atoms with Gasteiger partial charge in [-0.3, -0.25) is 23.9 Å². The number of carbonyl (C=O) groups is 3. The van der Waals surface area contributed by atoms with Gasteiger partial charge in [-0.1, -0.05) is 59.3 Å². The average molecular weight is 1050 g/mol. The van der Waals surface area contributed by atoms with Gasteiger partial charge in [-0.15, -0.1) is 26.6 Å². The lowest BCUT2D eigenvalue weighted by Crippen LogP contribution is -2.38. The van der Waals surface area contributed by atoms with E-state index >= 15 is 0 Å². The number of para-hydroxylation sites is 1. The Morgan fingerprint density at radius 2 is 1.73 bits per heavy atom. The zero-order chi connectivity index (χ0) is 51.7. The summed E-state index contributed by atoms with van der Waals surface area (Å²) >= 11 is 7.88. The standard InChI is InChI=1S/C52H55ClN10O8S2/c1-8-69-47(66)24-39(35-14-13-29(2)37(21-35)28-62-27-30(3)71-42-11-9-10-12-44(42)73(62,67)68)36-22-40-50(61(7)60-58-40)43(23-36)70-20-19-54-46(65)26-55-45(64)25-41-51-59-57-33(6)63(51)52-48(31(4)32(5)72-52)49(56-41)34-15-17-38(53)18-16-34/h9-18,21-23,30,39,41H,8,19-20,24-28H2,1-7H3,(H,54,65)(H,55,64)/t30-,39+,41+/m0/s1. The summed E-state index contributed by atoms with van der Waals surface area (Å²) in [5.74, 6) is 0.105. The van der Waals surface area contributed by atoms with Crippen molar-refractivity contribution in [3.63, 3.8) is 0 Å². The molecular weight excluding hydrogens is 992 g/mol. The van der Waals surface area contributed by atoms with Crippen LogP contribution in [-0.4, -0.2) is 105 Å². The van der Waals surface area contributed by atoms with Crippen LogP contribution in [0.15, 0.2) is 88.8 Å².